The van der Waals surface area contributed by atoms with E-state index in [0.29, 0.717) is 17.3 Å². The Morgan fingerprint density at radius 1 is 1.22 bits per heavy atom. The van der Waals surface area contributed by atoms with Crippen molar-refractivity contribution >= 4 is 28.9 Å². The molecule has 0 atom stereocenters. The van der Waals surface area contributed by atoms with Crippen molar-refractivity contribution in [1.29, 1.82) is 0 Å². The third-order valence-electron chi connectivity index (χ3n) is 3.13. The van der Waals surface area contributed by atoms with Crippen LogP contribution < -0.4 is 15.4 Å². The van der Waals surface area contributed by atoms with Gasteiger partial charge in [-0.1, -0.05) is 30.3 Å². The molecule has 0 fully saturated rings. The predicted octanol–water partition coefficient (Wildman–Crippen LogP) is 4.26. The normalized spacial score (nSPS) is 10.0. The number of nitrogens with one attached hydrogen (secondary N) is 2. The molecule has 0 bridgehead atoms. The van der Waals surface area contributed by atoms with Gasteiger partial charge in [0.2, 0.25) is 5.91 Å². The Labute approximate surface area is 141 Å². The standard InChI is InChI=1S/C18H19ClN2O2/c1-3-10-23-16-8-6-14(7-9-16)21-18(22)12-20-15-5-4-13(2)17(19)11-15/h3-9,11,20H,1,10,12H2,2H3,(H,21,22). The molecule has 0 saturated heterocycles. The van der Waals surface area contributed by atoms with Crippen molar-refractivity contribution in [1.82, 2.24) is 0 Å². The molecule has 0 unspecified atom stereocenters. The van der Waals surface area contributed by atoms with E-state index in [0.717, 1.165) is 17.0 Å². The zero-order valence-electron chi connectivity index (χ0n) is 12.9. The second kappa shape index (κ2) is 8.25. The summed E-state index contributed by atoms with van der Waals surface area (Å²) in [6.07, 6.45) is 1.68. The number of anilines is 2. The molecule has 0 radical (unpaired) electrons. The van der Waals surface area contributed by atoms with Crippen molar-refractivity contribution < 1.29 is 9.53 Å². The molecular formula is C18H19ClN2O2. The van der Waals surface area contributed by atoms with Crippen LogP contribution in [0.1, 0.15) is 5.56 Å². The van der Waals surface area contributed by atoms with Gasteiger partial charge in [-0.05, 0) is 48.9 Å². The van der Waals surface area contributed by atoms with Crippen LogP contribution in [0, 0.1) is 6.92 Å². The van der Waals surface area contributed by atoms with Gasteiger partial charge in [-0.25, -0.2) is 0 Å². The molecule has 0 aliphatic rings. The summed E-state index contributed by atoms with van der Waals surface area (Å²) in [5, 5.41) is 6.52. The van der Waals surface area contributed by atoms with Crippen LogP contribution in [0.25, 0.3) is 0 Å². The Bertz CT molecular complexity index is 684. The third-order valence-corrected chi connectivity index (χ3v) is 3.54. The van der Waals surface area contributed by atoms with Gasteiger partial charge in [0.25, 0.3) is 0 Å². The molecule has 0 heterocycles. The molecule has 5 heteroatoms. The molecule has 4 nitrogen and oxygen atoms in total. The van der Waals surface area contributed by atoms with Gasteiger partial charge < -0.3 is 15.4 Å². The number of hydrogen-bond donors (Lipinski definition) is 2. The molecule has 0 aliphatic carbocycles. The number of hydrogen-bond acceptors (Lipinski definition) is 3. The van der Waals surface area contributed by atoms with Gasteiger partial charge in [0.15, 0.2) is 0 Å². The number of carbonyl (C=O) groups is 1. The Morgan fingerprint density at radius 3 is 2.57 bits per heavy atom. The Kier molecular flexibility index (Phi) is 6.06. The van der Waals surface area contributed by atoms with Crippen molar-refractivity contribution in [2.75, 3.05) is 23.8 Å². The summed E-state index contributed by atoms with van der Waals surface area (Å²) in [5.41, 5.74) is 2.52. The maximum absolute atomic E-state index is 11.9. The SMILES string of the molecule is C=CCOc1ccc(NC(=O)CNc2ccc(C)c(Cl)c2)cc1. The number of halogens is 1. The quantitative estimate of drug-likeness (QED) is 0.746. The highest BCUT2D eigenvalue weighted by Crippen LogP contribution is 2.20. The Balaban J connectivity index is 1.84. The average Bonchev–Trinajstić information content (AvgIpc) is 2.55. The molecule has 2 aromatic carbocycles. The smallest absolute Gasteiger partial charge is 0.243 e. The molecule has 2 rings (SSSR count). The third kappa shape index (κ3) is 5.34. The van der Waals surface area contributed by atoms with Crippen LogP contribution in [0.3, 0.4) is 0 Å². The highest BCUT2D eigenvalue weighted by molar-refractivity contribution is 6.31. The van der Waals surface area contributed by atoms with Gasteiger partial charge in [-0.2, -0.15) is 0 Å². The maximum atomic E-state index is 11.9. The monoisotopic (exact) mass is 330 g/mol. The Hall–Kier alpha value is -2.46. The zero-order valence-corrected chi connectivity index (χ0v) is 13.7. The molecule has 2 aromatic rings. The van der Waals surface area contributed by atoms with E-state index < -0.39 is 0 Å². The molecule has 0 saturated carbocycles. The summed E-state index contributed by atoms with van der Waals surface area (Å²) in [6.45, 7) is 6.14. The van der Waals surface area contributed by atoms with Gasteiger partial charge in [-0.3, -0.25) is 4.79 Å². The first-order valence-electron chi connectivity index (χ1n) is 7.22. The molecule has 2 N–H and O–H groups in total. The fourth-order valence-corrected chi connectivity index (χ4v) is 2.06. The zero-order chi connectivity index (χ0) is 16.7. The minimum atomic E-state index is -0.138. The van der Waals surface area contributed by atoms with Crippen molar-refractivity contribution in [2.45, 2.75) is 6.92 Å². The topological polar surface area (TPSA) is 50.4 Å². The minimum absolute atomic E-state index is 0.138. The van der Waals surface area contributed by atoms with E-state index in [-0.39, 0.29) is 12.5 Å². The largest absolute Gasteiger partial charge is 0.490 e. The molecule has 0 aliphatic heterocycles. The number of ether oxygens (including phenoxy) is 1. The lowest BCUT2D eigenvalue weighted by Gasteiger charge is -2.09. The molecule has 23 heavy (non-hydrogen) atoms. The van der Waals surface area contributed by atoms with Crippen LogP contribution in [0.15, 0.2) is 55.1 Å². The van der Waals surface area contributed by atoms with Gasteiger partial charge in [0.05, 0.1) is 6.54 Å². The summed E-state index contributed by atoms with van der Waals surface area (Å²) >= 11 is 6.05. The van der Waals surface area contributed by atoms with E-state index in [1.165, 1.54) is 0 Å². The highest BCUT2D eigenvalue weighted by Gasteiger charge is 2.04. The van der Waals surface area contributed by atoms with E-state index in [2.05, 4.69) is 17.2 Å². The molecule has 120 valence electrons. The molecular weight excluding hydrogens is 312 g/mol. The lowest BCUT2D eigenvalue weighted by Crippen LogP contribution is -2.21. The van der Waals surface area contributed by atoms with Crippen molar-refractivity contribution in [2.24, 2.45) is 0 Å². The summed E-state index contributed by atoms with van der Waals surface area (Å²) in [4.78, 5) is 11.9. The summed E-state index contributed by atoms with van der Waals surface area (Å²) in [7, 11) is 0. The molecule has 0 aromatic heterocycles. The lowest BCUT2D eigenvalue weighted by atomic mass is 10.2. The minimum Gasteiger partial charge on any atom is -0.490 e. The van der Waals surface area contributed by atoms with E-state index in [9.17, 15) is 4.79 Å². The van der Waals surface area contributed by atoms with Crippen molar-refractivity contribution in [3.8, 4) is 5.75 Å². The summed E-state index contributed by atoms with van der Waals surface area (Å²) in [6, 6.07) is 12.8. The second-order valence-electron chi connectivity index (χ2n) is 4.99. The molecule has 0 spiro atoms. The first kappa shape index (κ1) is 16.9. The van der Waals surface area contributed by atoms with Crippen LogP contribution >= 0.6 is 11.6 Å². The van der Waals surface area contributed by atoms with E-state index in [1.54, 1.807) is 36.4 Å². The van der Waals surface area contributed by atoms with Gasteiger partial charge >= 0.3 is 0 Å². The number of carbonyl (C=O) groups excluding carboxylic acids is 1. The van der Waals surface area contributed by atoms with Crippen molar-refractivity contribution in [3.63, 3.8) is 0 Å². The second-order valence-corrected chi connectivity index (χ2v) is 5.40. The summed E-state index contributed by atoms with van der Waals surface area (Å²) < 4.78 is 5.39. The van der Waals surface area contributed by atoms with E-state index in [4.69, 9.17) is 16.3 Å². The van der Waals surface area contributed by atoms with Crippen molar-refractivity contribution in [3.05, 3.63) is 65.7 Å². The number of rotatable bonds is 7. The van der Waals surface area contributed by atoms with Crippen LogP contribution in [-0.2, 0) is 4.79 Å². The number of benzene rings is 2. The van der Waals surface area contributed by atoms with E-state index in [1.807, 2.05) is 19.1 Å². The number of amides is 1. The highest BCUT2D eigenvalue weighted by atomic mass is 35.5. The van der Waals surface area contributed by atoms with E-state index >= 15 is 0 Å². The lowest BCUT2D eigenvalue weighted by molar-refractivity contribution is -0.114. The molecule has 1 amide bonds. The van der Waals surface area contributed by atoms with Crippen LogP contribution in [0.5, 0.6) is 5.75 Å². The Morgan fingerprint density at radius 2 is 1.91 bits per heavy atom. The first-order chi connectivity index (χ1) is 11.1. The first-order valence-corrected chi connectivity index (χ1v) is 7.60. The van der Waals surface area contributed by atoms with Crippen LogP contribution in [0.4, 0.5) is 11.4 Å². The fourth-order valence-electron chi connectivity index (χ4n) is 1.88. The van der Waals surface area contributed by atoms with Crippen LogP contribution in [-0.4, -0.2) is 19.1 Å². The van der Waals surface area contributed by atoms with Gasteiger partial charge in [-0.15, -0.1) is 0 Å². The van der Waals surface area contributed by atoms with Gasteiger partial charge in [0, 0.05) is 16.4 Å². The number of aryl methyl sites for hydroxylation is 1. The average molecular weight is 331 g/mol. The van der Waals surface area contributed by atoms with Crippen LogP contribution in [0.2, 0.25) is 5.02 Å². The predicted molar refractivity (Wildman–Crippen MR) is 95.4 cm³/mol. The fraction of sp³-hybridized carbons (Fsp3) is 0.167. The summed E-state index contributed by atoms with van der Waals surface area (Å²) in [5.74, 6) is 0.594. The van der Waals surface area contributed by atoms with Gasteiger partial charge in [0.1, 0.15) is 12.4 Å². The maximum Gasteiger partial charge on any atom is 0.243 e.